The minimum Gasteiger partial charge on any atom is -0.445 e. The molecule has 2 aliphatic rings. The van der Waals surface area contributed by atoms with E-state index >= 15 is 0 Å². The molecule has 7 nitrogen and oxygen atoms in total. The molecule has 0 unspecified atom stereocenters. The molecule has 32 heavy (non-hydrogen) atoms. The van der Waals surface area contributed by atoms with Gasteiger partial charge in [-0.3, -0.25) is 4.90 Å². The molecule has 0 saturated carbocycles. The number of hydrogen-bond donors (Lipinski definition) is 0. The molecule has 0 bridgehead atoms. The molecule has 3 rings (SSSR count). The van der Waals surface area contributed by atoms with Crippen LogP contribution in [0.2, 0.25) is 0 Å². The van der Waals surface area contributed by atoms with Crippen molar-refractivity contribution in [1.82, 2.24) is 14.7 Å². The zero-order chi connectivity index (χ0) is 23.1. The third-order valence-electron chi connectivity index (χ3n) is 6.30. The molecule has 0 aliphatic carbocycles. The second kappa shape index (κ2) is 11.0. The van der Waals surface area contributed by atoms with Crippen LogP contribution in [-0.2, 0) is 16.1 Å². The Morgan fingerprint density at radius 2 is 1.66 bits per heavy atom. The first-order chi connectivity index (χ1) is 15.2. The number of ether oxygens (including phenoxy) is 2. The molecule has 1 aromatic carbocycles. The SMILES string of the molecule is CC[C@H]1CN(C(=O)OCc2ccccc2)CCN1CC1CCN(C(=O)OC(C)(C)C)CC1. The molecule has 0 spiro atoms. The standard InChI is InChI=1S/C25H39N3O4/c1-5-22-18-28(23(29)31-19-21-9-7-6-8-10-21)16-15-27(22)17-20-11-13-26(14-12-20)24(30)32-25(2,3)4/h6-10,20,22H,5,11-19H2,1-4H3/t22-/m0/s1. The summed E-state index contributed by atoms with van der Waals surface area (Å²) in [6.45, 7) is 13.0. The summed E-state index contributed by atoms with van der Waals surface area (Å²) in [7, 11) is 0. The lowest BCUT2D eigenvalue weighted by molar-refractivity contribution is 0.0119. The first-order valence-electron chi connectivity index (χ1n) is 11.9. The third-order valence-corrected chi connectivity index (χ3v) is 6.30. The fraction of sp³-hybridized carbons (Fsp3) is 0.680. The molecule has 2 fully saturated rings. The molecule has 178 valence electrons. The van der Waals surface area contributed by atoms with Crippen molar-refractivity contribution in [2.24, 2.45) is 5.92 Å². The molecule has 0 N–H and O–H groups in total. The van der Waals surface area contributed by atoms with Crippen molar-refractivity contribution in [3.63, 3.8) is 0 Å². The van der Waals surface area contributed by atoms with E-state index in [2.05, 4.69) is 11.8 Å². The van der Waals surface area contributed by atoms with Gasteiger partial charge in [-0.25, -0.2) is 9.59 Å². The van der Waals surface area contributed by atoms with Crippen molar-refractivity contribution >= 4 is 12.2 Å². The van der Waals surface area contributed by atoms with Crippen LogP contribution in [-0.4, -0.2) is 77.8 Å². The Hall–Kier alpha value is -2.28. The maximum atomic E-state index is 12.6. The number of likely N-dealkylation sites (tertiary alicyclic amines) is 1. The van der Waals surface area contributed by atoms with Crippen molar-refractivity contribution in [2.75, 3.05) is 39.3 Å². The van der Waals surface area contributed by atoms with E-state index in [1.165, 1.54) is 0 Å². The normalized spacial score (nSPS) is 20.8. The van der Waals surface area contributed by atoms with Crippen molar-refractivity contribution in [1.29, 1.82) is 0 Å². The number of piperazine rings is 1. The van der Waals surface area contributed by atoms with E-state index in [0.717, 1.165) is 51.0 Å². The first kappa shape index (κ1) is 24.4. The Morgan fingerprint density at radius 1 is 0.969 bits per heavy atom. The summed E-state index contributed by atoms with van der Waals surface area (Å²) in [6.07, 6.45) is 2.56. The van der Waals surface area contributed by atoms with Crippen molar-refractivity contribution in [3.05, 3.63) is 35.9 Å². The second-order valence-corrected chi connectivity index (χ2v) is 9.95. The van der Waals surface area contributed by atoms with Gasteiger partial charge in [-0.05, 0) is 51.5 Å². The van der Waals surface area contributed by atoms with Crippen LogP contribution in [0.25, 0.3) is 0 Å². The molecule has 0 radical (unpaired) electrons. The summed E-state index contributed by atoms with van der Waals surface area (Å²) in [5.74, 6) is 0.569. The fourth-order valence-corrected chi connectivity index (χ4v) is 4.45. The molecule has 2 aliphatic heterocycles. The van der Waals surface area contributed by atoms with E-state index < -0.39 is 5.60 Å². The largest absolute Gasteiger partial charge is 0.445 e. The molecule has 0 aromatic heterocycles. The first-order valence-corrected chi connectivity index (χ1v) is 11.9. The second-order valence-electron chi connectivity index (χ2n) is 9.95. The molecular formula is C25H39N3O4. The topological polar surface area (TPSA) is 62.3 Å². The van der Waals surface area contributed by atoms with Gasteiger partial charge >= 0.3 is 12.2 Å². The molecule has 1 atom stereocenters. The van der Waals surface area contributed by atoms with Gasteiger partial charge in [0, 0.05) is 45.3 Å². The lowest BCUT2D eigenvalue weighted by atomic mass is 9.95. The minimum atomic E-state index is -0.454. The van der Waals surface area contributed by atoms with E-state index in [1.807, 2.05) is 60.9 Å². The van der Waals surface area contributed by atoms with Crippen LogP contribution in [0.4, 0.5) is 9.59 Å². The van der Waals surface area contributed by atoms with Gasteiger partial charge in [0.15, 0.2) is 0 Å². The number of rotatable bonds is 5. The number of piperidine rings is 1. The molecule has 1 aromatic rings. The zero-order valence-electron chi connectivity index (χ0n) is 20.1. The van der Waals surface area contributed by atoms with Crippen LogP contribution in [0.5, 0.6) is 0 Å². The van der Waals surface area contributed by atoms with Crippen LogP contribution in [0.1, 0.15) is 52.5 Å². The third kappa shape index (κ3) is 7.12. The van der Waals surface area contributed by atoms with Gasteiger partial charge in [0.1, 0.15) is 12.2 Å². The predicted molar refractivity (Wildman–Crippen MR) is 124 cm³/mol. The average Bonchev–Trinajstić information content (AvgIpc) is 2.77. The van der Waals surface area contributed by atoms with E-state index in [4.69, 9.17) is 9.47 Å². The van der Waals surface area contributed by atoms with E-state index in [-0.39, 0.29) is 12.2 Å². The maximum Gasteiger partial charge on any atom is 0.410 e. The highest BCUT2D eigenvalue weighted by Crippen LogP contribution is 2.23. The number of benzene rings is 1. The van der Waals surface area contributed by atoms with Crippen LogP contribution in [0.3, 0.4) is 0 Å². The average molecular weight is 446 g/mol. The Balaban J connectivity index is 1.43. The van der Waals surface area contributed by atoms with Gasteiger partial charge < -0.3 is 19.3 Å². The van der Waals surface area contributed by atoms with Gasteiger partial charge in [-0.15, -0.1) is 0 Å². The van der Waals surface area contributed by atoms with Gasteiger partial charge in [0.25, 0.3) is 0 Å². The van der Waals surface area contributed by atoms with Crippen LogP contribution >= 0.6 is 0 Å². The van der Waals surface area contributed by atoms with E-state index in [9.17, 15) is 9.59 Å². The van der Waals surface area contributed by atoms with Crippen molar-refractivity contribution in [2.45, 2.75) is 65.2 Å². The summed E-state index contributed by atoms with van der Waals surface area (Å²) in [4.78, 5) is 31.1. The molecular weight excluding hydrogens is 406 g/mol. The van der Waals surface area contributed by atoms with Crippen molar-refractivity contribution < 1.29 is 19.1 Å². The Kier molecular flexibility index (Phi) is 8.40. The van der Waals surface area contributed by atoms with Gasteiger partial charge in [-0.2, -0.15) is 0 Å². The van der Waals surface area contributed by atoms with E-state index in [1.54, 1.807) is 0 Å². The quantitative estimate of drug-likeness (QED) is 0.674. The molecule has 7 heteroatoms. The van der Waals surface area contributed by atoms with Crippen LogP contribution < -0.4 is 0 Å². The van der Waals surface area contributed by atoms with Crippen LogP contribution in [0.15, 0.2) is 30.3 Å². The summed E-state index contributed by atoms with van der Waals surface area (Å²) in [5, 5.41) is 0. The highest BCUT2D eigenvalue weighted by molar-refractivity contribution is 5.68. The minimum absolute atomic E-state index is 0.204. The Morgan fingerprint density at radius 3 is 2.28 bits per heavy atom. The summed E-state index contributed by atoms with van der Waals surface area (Å²) in [6, 6.07) is 10.1. The zero-order valence-corrected chi connectivity index (χ0v) is 20.1. The predicted octanol–water partition coefficient (Wildman–Crippen LogP) is 4.37. The maximum absolute atomic E-state index is 12.6. The van der Waals surface area contributed by atoms with Gasteiger partial charge in [-0.1, -0.05) is 37.3 Å². The highest BCUT2D eigenvalue weighted by Gasteiger charge is 2.33. The molecule has 2 heterocycles. The number of nitrogens with zero attached hydrogens (tertiary/aromatic N) is 3. The van der Waals surface area contributed by atoms with Crippen LogP contribution in [0, 0.1) is 5.92 Å². The lowest BCUT2D eigenvalue weighted by Crippen LogP contribution is -2.56. The smallest absolute Gasteiger partial charge is 0.410 e. The summed E-state index contributed by atoms with van der Waals surface area (Å²) >= 11 is 0. The Bertz CT molecular complexity index is 741. The summed E-state index contributed by atoms with van der Waals surface area (Å²) in [5.41, 5.74) is 0.550. The number of carbonyl (C=O) groups excluding carboxylic acids is 2. The Labute approximate surface area is 192 Å². The summed E-state index contributed by atoms with van der Waals surface area (Å²) < 4.78 is 11.0. The number of hydrogen-bond acceptors (Lipinski definition) is 5. The molecule has 2 amide bonds. The fourth-order valence-electron chi connectivity index (χ4n) is 4.45. The monoisotopic (exact) mass is 445 g/mol. The van der Waals surface area contributed by atoms with Crippen molar-refractivity contribution in [3.8, 4) is 0 Å². The lowest BCUT2D eigenvalue weighted by Gasteiger charge is -2.43. The number of carbonyl (C=O) groups is 2. The number of amides is 2. The van der Waals surface area contributed by atoms with Gasteiger partial charge in [0.2, 0.25) is 0 Å². The highest BCUT2D eigenvalue weighted by atomic mass is 16.6. The van der Waals surface area contributed by atoms with E-state index in [0.29, 0.717) is 31.7 Å². The molecule has 2 saturated heterocycles. The van der Waals surface area contributed by atoms with Gasteiger partial charge in [0.05, 0.1) is 0 Å².